The van der Waals surface area contributed by atoms with Crippen LogP contribution >= 0.6 is 34.7 Å². The Morgan fingerprint density at radius 1 is 1.52 bits per heavy atom. The highest BCUT2D eigenvalue weighted by Gasteiger charge is 2.24. The third kappa shape index (κ3) is 3.85. The molecule has 2 rings (SSSR count). The second kappa shape index (κ2) is 7.81. The smallest absolute Gasteiger partial charge is 0.267 e. The normalized spacial score (nSPS) is 12.0. The number of likely N-dealkylation sites (N-methyl/N-ethyl adjacent to an activating group) is 1. The molecule has 0 aromatic carbocycles. The average molecular weight is 369 g/mol. The molecule has 2 aromatic heterocycles. The molecule has 0 aliphatic carbocycles. The van der Waals surface area contributed by atoms with Crippen LogP contribution in [0.5, 0.6) is 0 Å². The first-order valence-electron chi connectivity index (χ1n) is 6.88. The highest BCUT2D eigenvalue weighted by molar-refractivity contribution is 8.03. The van der Waals surface area contributed by atoms with Crippen LogP contribution in [-0.2, 0) is 4.79 Å². The van der Waals surface area contributed by atoms with Crippen LogP contribution in [0.4, 0.5) is 5.00 Å². The minimum absolute atomic E-state index is 0.164. The molecule has 8 heteroatoms. The molecule has 0 bridgehead atoms. The SMILES string of the molecule is CCN(C(=O)/C(SC)=C(\C)N)c1sc(-c2cccnc2)nc1Cl. The number of thioether (sulfide) groups is 1. The Morgan fingerprint density at radius 2 is 2.26 bits per heavy atom. The third-order valence-corrected chi connectivity index (χ3v) is 5.45. The molecule has 5 nitrogen and oxygen atoms in total. The zero-order chi connectivity index (χ0) is 17.0. The molecular weight excluding hydrogens is 352 g/mol. The number of nitrogens with zero attached hydrogens (tertiary/aromatic N) is 3. The first kappa shape index (κ1) is 17.8. The Hall–Kier alpha value is -1.57. The quantitative estimate of drug-likeness (QED) is 0.813. The molecule has 0 radical (unpaired) electrons. The molecular formula is C15H17ClN4OS2. The van der Waals surface area contributed by atoms with Gasteiger partial charge in [-0.3, -0.25) is 14.7 Å². The molecule has 1 amide bonds. The number of carbonyl (C=O) groups excluding carboxylic acids is 1. The van der Waals surface area contributed by atoms with Gasteiger partial charge in [-0.25, -0.2) is 4.98 Å². The van der Waals surface area contributed by atoms with Gasteiger partial charge in [0, 0.05) is 30.2 Å². The minimum Gasteiger partial charge on any atom is -0.401 e. The molecule has 2 aromatic rings. The van der Waals surface area contributed by atoms with E-state index in [0.717, 1.165) is 10.6 Å². The summed E-state index contributed by atoms with van der Waals surface area (Å²) in [7, 11) is 0. The van der Waals surface area contributed by atoms with Crippen LogP contribution in [0.1, 0.15) is 13.8 Å². The number of nitrogens with two attached hydrogens (primary N) is 1. The molecule has 0 aliphatic rings. The van der Waals surface area contributed by atoms with Crippen molar-refractivity contribution in [3.05, 3.63) is 40.3 Å². The maximum Gasteiger partial charge on any atom is 0.267 e. The molecule has 2 heterocycles. The fourth-order valence-electron chi connectivity index (χ4n) is 1.99. The lowest BCUT2D eigenvalue weighted by molar-refractivity contribution is -0.114. The molecule has 0 unspecified atom stereocenters. The van der Waals surface area contributed by atoms with Gasteiger partial charge in [-0.15, -0.1) is 11.8 Å². The van der Waals surface area contributed by atoms with Crippen molar-refractivity contribution in [1.29, 1.82) is 0 Å². The summed E-state index contributed by atoms with van der Waals surface area (Å²) in [5.74, 6) is -0.164. The fourth-order valence-corrected chi connectivity index (χ4v) is 3.96. The Labute approximate surface area is 148 Å². The summed E-state index contributed by atoms with van der Waals surface area (Å²) in [6.07, 6.45) is 5.24. The van der Waals surface area contributed by atoms with Crippen LogP contribution in [-0.4, -0.2) is 28.7 Å². The van der Waals surface area contributed by atoms with Crippen LogP contribution in [0.15, 0.2) is 35.1 Å². The number of amides is 1. The lowest BCUT2D eigenvalue weighted by Gasteiger charge is -2.20. The van der Waals surface area contributed by atoms with E-state index in [2.05, 4.69) is 9.97 Å². The Kier molecular flexibility index (Phi) is 6.04. The van der Waals surface area contributed by atoms with Crippen molar-refractivity contribution in [2.24, 2.45) is 5.73 Å². The van der Waals surface area contributed by atoms with E-state index in [0.29, 0.717) is 27.3 Å². The van der Waals surface area contributed by atoms with Crippen LogP contribution < -0.4 is 10.6 Å². The number of hydrogen-bond acceptors (Lipinski definition) is 6. The van der Waals surface area contributed by atoms with Crippen molar-refractivity contribution < 1.29 is 4.79 Å². The van der Waals surface area contributed by atoms with Gasteiger partial charge in [0.05, 0.1) is 4.91 Å². The summed E-state index contributed by atoms with van der Waals surface area (Å²) in [6, 6.07) is 3.74. The molecule has 0 fully saturated rings. The predicted molar refractivity (Wildman–Crippen MR) is 98.8 cm³/mol. The van der Waals surface area contributed by atoms with Gasteiger partial charge in [0.25, 0.3) is 5.91 Å². The summed E-state index contributed by atoms with van der Waals surface area (Å²) in [6.45, 7) is 4.08. The van der Waals surface area contributed by atoms with Gasteiger partial charge in [-0.1, -0.05) is 22.9 Å². The standard InChI is InChI=1S/C15H17ClN4OS2/c1-4-20(14(21)11(22-3)9(2)17)15-12(16)19-13(23-15)10-6-5-7-18-8-10/h5-8H,4,17H2,1-3H3/b11-9-. The zero-order valence-corrected chi connectivity index (χ0v) is 15.4. The number of aromatic nitrogens is 2. The summed E-state index contributed by atoms with van der Waals surface area (Å²) in [4.78, 5) is 23.3. The van der Waals surface area contributed by atoms with Crippen molar-refractivity contribution >= 4 is 45.6 Å². The van der Waals surface area contributed by atoms with E-state index in [4.69, 9.17) is 17.3 Å². The summed E-state index contributed by atoms with van der Waals surface area (Å²) in [5.41, 5.74) is 7.17. The van der Waals surface area contributed by atoms with Gasteiger partial charge < -0.3 is 5.73 Å². The number of allylic oxidation sites excluding steroid dienone is 1. The minimum atomic E-state index is -0.164. The van der Waals surface area contributed by atoms with Crippen LogP contribution in [0.3, 0.4) is 0 Å². The van der Waals surface area contributed by atoms with Crippen LogP contribution in [0.2, 0.25) is 5.15 Å². The van der Waals surface area contributed by atoms with Crippen molar-refractivity contribution in [2.75, 3.05) is 17.7 Å². The average Bonchev–Trinajstić information content (AvgIpc) is 2.91. The maximum atomic E-state index is 12.7. The van der Waals surface area contributed by atoms with Crippen molar-refractivity contribution in [3.63, 3.8) is 0 Å². The van der Waals surface area contributed by atoms with E-state index in [1.54, 1.807) is 24.2 Å². The molecule has 2 N–H and O–H groups in total. The van der Waals surface area contributed by atoms with E-state index in [1.165, 1.54) is 23.1 Å². The second-order valence-electron chi connectivity index (χ2n) is 4.62. The predicted octanol–water partition coefficient (Wildman–Crippen LogP) is 3.76. The van der Waals surface area contributed by atoms with E-state index in [-0.39, 0.29) is 5.91 Å². The molecule has 0 saturated carbocycles. The maximum absolute atomic E-state index is 12.7. The van der Waals surface area contributed by atoms with E-state index >= 15 is 0 Å². The lowest BCUT2D eigenvalue weighted by atomic mass is 10.3. The van der Waals surface area contributed by atoms with Gasteiger partial charge in [-0.05, 0) is 32.2 Å². The summed E-state index contributed by atoms with van der Waals surface area (Å²) < 4.78 is 0. The summed E-state index contributed by atoms with van der Waals surface area (Å²) in [5, 5.41) is 1.65. The third-order valence-electron chi connectivity index (χ3n) is 3.04. The Bertz CT molecular complexity index is 726. The number of carbonyl (C=O) groups is 1. The van der Waals surface area contributed by atoms with E-state index < -0.39 is 0 Å². The molecule has 122 valence electrons. The van der Waals surface area contributed by atoms with E-state index in [9.17, 15) is 4.79 Å². The van der Waals surface area contributed by atoms with Crippen molar-refractivity contribution in [2.45, 2.75) is 13.8 Å². The molecule has 0 spiro atoms. The van der Waals surface area contributed by atoms with Gasteiger partial charge >= 0.3 is 0 Å². The number of thiazole rings is 1. The van der Waals surface area contributed by atoms with Crippen LogP contribution in [0, 0.1) is 0 Å². The topological polar surface area (TPSA) is 72.1 Å². The zero-order valence-electron chi connectivity index (χ0n) is 13.0. The first-order chi connectivity index (χ1) is 11.0. The van der Waals surface area contributed by atoms with Crippen molar-refractivity contribution in [3.8, 4) is 10.6 Å². The first-order valence-corrected chi connectivity index (χ1v) is 9.30. The summed E-state index contributed by atoms with van der Waals surface area (Å²) >= 11 is 8.96. The lowest BCUT2D eigenvalue weighted by Crippen LogP contribution is -2.31. The Balaban J connectivity index is 2.42. The fraction of sp³-hybridized carbons (Fsp3) is 0.267. The molecule has 0 atom stereocenters. The number of hydrogen-bond donors (Lipinski definition) is 1. The van der Waals surface area contributed by atoms with E-state index in [1.807, 2.05) is 25.3 Å². The van der Waals surface area contributed by atoms with Gasteiger partial charge in [0.2, 0.25) is 0 Å². The van der Waals surface area contributed by atoms with Crippen molar-refractivity contribution in [1.82, 2.24) is 9.97 Å². The monoisotopic (exact) mass is 368 g/mol. The molecule has 0 aliphatic heterocycles. The van der Waals surface area contributed by atoms with Gasteiger partial charge in [0.1, 0.15) is 10.0 Å². The highest BCUT2D eigenvalue weighted by Crippen LogP contribution is 2.38. The number of halogens is 1. The largest absolute Gasteiger partial charge is 0.401 e. The Morgan fingerprint density at radius 3 is 2.78 bits per heavy atom. The van der Waals surface area contributed by atoms with Gasteiger partial charge in [-0.2, -0.15) is 0 Å². The van der Waals surface area contributed by atoms with Gasteiger partial charge in [0.15, 0.2) is 5.15 Å². The second-order valence-corrected chi connectivity index (χ2v) is 6.77. The highest BCUT2D eigenvalue weighted by atomic mass is 35.5. The number of pyridine rings is 1. The van der Waals surface area contributed by atoms with Crippen LogP contribution in [0.25, 0.3) is 10.6 Å². The number of rotatable bonds is 5. The number of anilines is 1. The molecule has 23 heavy (non-hydrogen) atoms. The molecule has 0 saturated heterocycles.